The highest BCUT2D eigenvalue weighted by Gasteiger charge is 2.23. The standard InChI is InChI=1S/C19H19Cl2N3O3S/c20-15-8-16(21)10-17(9-15)27-12-13-3-5-24(6-4-13)19-2-1-18(28(23,25)26)7-14(19)11-22/h1-2,7-10,13H,3-6,12H2,(H2,23,25,26). The molecule has 1 saturated heterocycles. The number of piperidine rings is 1. The first kappa shape index (κ1) is 20.7. The van der Waals surface area contributed by atoms with Gasteiger partial charge < -0.3 is 9.64 Å². The zero-order valence-corrected chi connectivity index (χ0v) is 17.3. The van der Waals surface area contributed by atoms with E-state index >= 15 is 0 Å². The molecule has 0 bridgehead atoms. The SMILES string of the molecule is N#Cc1cc(S(N)(=O)=O)ccc1N1CCC(COc2cc(Cl)cc(Cl)c2)CC1. The maximum Gasteiger partial charge on any atom is 0.238 e. The minimum atomic E-state index is -3.84. The predicted molar refractivity (Wildman–Crippen MR) is 109 cm³/mol. The first-order valence-electron chi connectivity index (χ1n) is 8.67. The lowest BCUT2D eigenvalue weighted by atomic mass is 9.97. The summed E-state index contributed by atoms with van der Waals surface area (Å²) in [6.45, 7) is 2.04. The zero-order chi connectivity index (χ0) is 20.3. The molecule has 28 heavy (non-hydrogen) atoms. The van der Waals surface area contributed by atoms with Crippen LogP contribution >= 0.6 is 23.2 Å². The van der Waals surface area contributed by atoms with Crippen LogP contribution in [0.1, 0.15) is 18.4 Å². The summed E-state index contributed by atoms with van der Waals surface area (Å²) < 4.78 is 28.8. The van der Waals surface area contributed by atoms with Gasteiger partial charge in [-0.25, -0.2) is 13.6 Å². The van der Waals surface area contributed by atoms with Gasteiger partial charge in [0.25, 0.3) is 0 Å². The van der Waals surface area contributed by atoms with Crippen molar-refractivity contribution in [2.75, 3.05) is 24.6 Å². The van der Waals surface area contributed by atoms with E-state index in [0.29, 0.717) is 33.9 Å². The van der Waals surface area contributed by atoms with Gasteiger partial charge in [-0.05, 0) is 55.2 Å². The number of benzene rings is 2. The monoisotopic (exact) mass is 439 g/mol. The highest BCUT2D eigenvalue weighted by atomic mass is 35.5. The van der Waals surface area contributed by atoms with Crippen molar-refractivity contribution in [3.05, 3.63) is 52.0 Å². The molecule has 0 atom stereocenters. The average molecular weight is 440 g/mol. The highest BCUT2D eigenvalue weighted by molar-refractivity contribution is 7.89. The molecule has 0 saturated carbocycles. The number of ether oxygens (including phenoxy) is 1. The molecule has 6 nitrogen and oxygen atoms in total. The number of halogens is 2. The fraction of sp³-hybridized carbons (Fsp3) is 0.316. The number of nitriles is 1. The molecule has 2 aromatic rings. The van der Waals surface area contributed by atoms with Gasteiger partial charge in [-0.15, -0.1) is 0 Å². The van der Waals surface area contributed by atoms with Crippen LogP contribution in [0.5, 0.6) is 5.75 Å². The molecular weight excluding hydrogens is 421 g/mol. The Balaban J connectivity index is 1.61. The minimum absolute atomic E-state index is 0.0590. The van der Waals surface area contributed by atoms with Gasteiger partial charge in [0.15, 0.2) is 0 Å². The molecule has 0 spiro atoms. The van der Waals surface area contributed by atoms with Crippen LogP contribution in [-0.4, -0.2) is 28.1 Å². The Morgan fingerprint density at radius 2 is 1.79 bits per heavy atom. The van der Waals surface area contributed by atoms with Crippen molar-refractivity contribution in [3.8, 4) is 11.8 Å². The molecule has 0 unspecified atom stereocenters. The van der Waals surface area contributed by atoms with Gasteiger partial charge in [0.1, 0.15) is 11.8 Å². The van der Waals surface area contributed by atoms with E-state index in [1.54, 1.807) is 24.3 Å². The Hall–Kier alpha value is -1.98. The van der Waals surface area contributed by atoms with Gasteiger partial charge >= 0.3 is 0 Å². The van der Waals surface area contributed by atoms with Gasteiger partial charge in [-0.1, -0.05) is 23.2 Å². The lowest BCUT2D eigenvalue weighted by molar-refractivity contribution is 0.223. The Bertz CT molecular complexity index is 993. The molecule has 0 aliphatic carbocycles. The van der Waals surface area contributed by atoms with E-state index in [1.807, 2.05) is 0 Å². The molecule has 3 rings (SSSR count). The number of anilines is 1. The third kappa shape index (κ3) is 5.09. The van der Waals surface area contributed by atoms with Crippen molar-refractivity contribution in [1.82, 2.24) is 0 Å². The lowest BCUT2D eigenvalue weighted by Gasteiger charge is -2.34. The van der Waals surface area contributed by atoms with E-state index in [9.17, 15) is 13.7 Å². The van der Waals surface area contributed by atoms with Gasteiger partial charge in [0, 0.05) is 23.1 Å². The van der Waals surface area contributed by atoms with E-state index < -0.39 is 10.0 Å². The molecule has 148 valence electrons. The highest BCUT2D eigenvalue weighted by Crippen LogP contribution is 2.29. The third-order valence-corrected chi connectivity index (χ3v) is 6.04. The van der Waals surface area contributed by atoms with Gasteiger partial charge in [0.05, 0.1) is 22.8 Å². The normalized spacial score (nSPS) is 15.3. The van der Waals surface area contributed by atoms with Gasteiger partial charge in [-0.2, -0.15) is 5.26 Å². The lowest BCUT2D eigenvalue weighted by Crippen LogP contribution is -2.36. The van der Waals surface area contributed by atoms with Crippen LogP contribution in [0.4, 0.5) is 5.69 Å². The van der Waals surface area contributed by atoms with Crippen LogP contribution in [0, 0.1) is 17.2 Å². The topological polar surface area (TPSA) is 96.4 Å². The van der Waals surface area contributed by atoms with Crippen molar-refractivity contribution < 1.29 is 13.2 Å². The number of nitrogens with two attached hydrogens (primary N) is 1. The van der Waals surface area contributed by atoms with Crippen molar-refractivity contribution in [1.29, 1.82) is 5.26 Å². The summed E-state index contributed by atoms with van der Waals surface area (Å²) in [7, 11) is -3.84. The molecule has 0 radical (unpaired) electrons. The van der Waals surface area contributed by atoms with Gasteiger partial charge in [0.2, 0.25) is 10.0 Å². The van der Waals surface area contributed by atoms with Crippen LogP contribution in [0.2, 0.25) is 10.0 Å². The molecule has 0 amide bonds. The number of hydrogen-bond acceptors (Lipinski definition) is 5. The Morgan fingerprint density at radius 1 is 1.14 bits per heavy atom. The third-order valence-electron chi connectivity index (χ3n) is 4.69. The van der Waals surface area contributed by atoms with Crippen LogP contribution in [-0.2, 0) is 10.0 Å². The van der Waals surface area contributed by atoms with Crippen molar-refractivity contribution in [2.24, 2.45) is 11.1 Å². The van der Waals surface area contributed by atoms with Crippen molar-refractivity contribution in [3.63, 3.8) is 0 Å². The number of hydrogen-bond donors (Lipinski definition) is 1. The van der Waals surface area contributed by atoms with E-state index in [4.69, 9.17) is 33.1 Å². The number of nitrogens with zero attached hydrogens (tertiary/aromatic N) is 2. The molecular formula is C19H19Cl2N3O3S. The van der Waals surface area contributed by atoms with Crippen LogP contribution in [0.15, 0.2) is 41.3 Å². The molecule has 9 heteroatoms. The van der Waals surface area contributed by atoms with Gasteiger partial charge in [-0.3, -0.25) is 0 Å². The summed E-state index contributed by atoms with van der Waals surface area (Å²) >= 11 is 12.0. The average Bonchev–Trinajstić information content (AvgIpc) is 2.65. The number of sulfonamides is 1. The number of primary sulfonamides is 1. The Labute approximate surface area is 174 Å². The molecule has 1 aliphatic rings. The molecule has 0 aromatic heterocycles. The maximum atomic E-state index is 11.5. The van der Waals surface area contributed by atoms with Crippen LogP contribution < -0.4 is 14.8 Å². The fourth-order valence-electron chi connectivity index (χ4n) is 3.22. The smallest absolute Gasteiger partial charge is 0.238 e. The molecule has 1 fully saturated rings. The summed E-state index contributed by atoms with van der Waals surface area (Å²) in [5, 5.41) is 15.6. The molecule has 1 heterocycles. The maximum absolute atomic E-state index is 11.5. The molecule has 2 N–H and O–H groups in total. The van der Waals surface area contributed by atoms with E-state index in [0.717, 1.165) is 31.6 Å². The summed E-state index contributed by atoms with van der Waals surface area (Å²) in [5.74, 6) is 1.01. The second-order valence-corrected chi connectivity index (χ2v) is 9.12. The van der Waals surface area contributed by atoms with E-state index in [2.05, 4.69) is 11.0 Å². The van der Waals surface area contributed by atoms with E-state index in [1.165, 1.54) is 12.1 Å². The second-order valence-electron chi connectivity index (χ2n) is 6.68. The summed E-state index contributed by atoms with van der Waals surface area (Å²) in [4.78, 5) is 2.02. The van der Waals surface area contributed by atoms with Crippen molar-refractivity contribution >= 4 is 38.9 Å². The first-order valence-corrected chi connectivity index (χ1v) is 11.0. The summed E-state index contributed by atoms with van der Waals surface area (Å²) in [5.41, 5.74) is 1.02. The Kier molecular flexibility index (Phi) is 6.36. The minimum Gasteiger partial charge on any atom is -0.493 e. The first-order chi connectivity index (χ1) is 13.3. The second kappa shape index (κ2) is 8.58. The predicted octanol–water partition coefficient (Wildman–Crippen LogP) is 3.81. The van der Waals surface area contributed by atoms with Crippen LogP contribution in [0.25, 0.3) is 0 Å². The summed E-state index contributed by atoms with van der Waals surface area (Å²) in [6, 6.07) is 11.6. The molecule has 1 aliphatic heterocycles. The molecule has 2 aromatic carbocycles. The zero-order valence-electron chi connectivity index (χ0n) is 14.9. The van der Waals surface area contributed by atoms with E-state index in [-0.39, 0.29) is 4.90 Å². The fourth-order valence-corrected chi connectivity index (χ4v) is 4.27. The van der Waals surface area contributed by atoms with Crippen LogP contribution in [0.3, 0.4) is 0 Å². The quantitative estimate of drug-likeness (QED) is 0.763. The largest absolute Gasteiger partial charge is 0.493 e. The van der Waals surface area contributed by atoms with Crippen molar-refractivity contribution in [2.45, 2.75) is 17.7 Å². The summed E-state index contributed by atoms with van der Waals surface area (Å²) in [6.07, 6.45) is 1.77. The number of rotatable bonds is 5. The Morgan fingerprint density at radius 3 is 2.36 bits per heavy atom.